The van der Waals surface area contributed by atoms with Gasteiger partial charge in [-0.15, -0.1) is 0 Å². The first kappa shape index (κ1) is 19.3. The van der Waals surface area contributed by atoms with E-state index in [1.807, 2.05) is 0 Å². The minimum atomic E-state index is -1.12. The van der Waals surface area contributed by atoms with Crippen LogP contribution in [0.3, 0.4) is 0 Å². The van der Waals surface area contributed by atoms with Crippen LogP contribution in [0.4, 0.5) is 11.4 Å². The lowest BCUT2D eigenvalue weighted by atomic mass is 10.1. The molecule has 1 N–H and O–H groups in total. The summed E-state index contributed by atoms with van der Waals surface area (Å²) >= 11 is 0. The molecule has 0 aliphatic heterocycles. The molecule has 1 aliphatic rings. The molecule has 0 bridgehead atoms. The highest BCUT2D eigenvalue weighted by atomic mass is 16.6. The smallest absolute Gasteiger partial charge is 0.339 e. The molecule has 0 aromatic heterocycles. The molecule has 8 nitrogen and oxygen atoms in total. The number of nitro benzene ring substituents is 1. The van der Waals surface area contributed by atoms with E-state index in [2.05, 4.69) is 5.32 Å². The van der Waals surface area contributed by atoms with E-state index in [9.17, 15) is 19.7 Å². The first-order valence-electron chi connectivity index (χ1n) is 8.89. The number of amides is 1. The predicted octanol–water partition coefficient (Wildman–Crippen LogP) is 2.84. The molecule has 1 aliphatic carbocycles. The fourth-order valence-corrected chi connectivity index (χ4v) is 2.76. The number of anilines is 1. The van der Waals surface area contributed by atoms with Crippen molar-refractivity contribution in [2.24, 2.45) is 0 Å². The van der Waals surface area contributed by atoms with Crippen LogP contribution in [-0.4, -0.2) is 36.9 Å². The van der Waals surface area contributed by atoms with Crippen LogP contribution in [0.25, 0.3) is 0 Å². The van der Waals surface area contributed by atoms with Gasteiger partial charge in [0.05, 0.1) is 10.5 Å². The molecule has 3 rings (SSSR count). The highest BCUT2D eigenvalue weighted by Gasteiger charge is 2.31. The number of rotatable bonds is 7. The Morgan fingerprint density at radius 3 is 2.43 bits per heavy atom. The van der Waals surface area contributed by atoms with Crippen molar-refractivity contribution in [2.75, 3.05) is 19.0 Å². The lowest BCUT2D eigenvalue weighted by molar-refractivity contribution is -0.384. The maximum absolute atomic E-state index is 12.7. The van der Waals surface area contributed by atoms with E-state index in [0.29, 0.717) is 11.3 Å². The van der Waals surface area contributed by atoms with Crippen molar-refractivity contribution >= 4 is 23.3 Å². The summed E-state index contributed by atoms with van der Waals surface area (Å²) in [4.78, 5) is 37.6. The van der Waals surface area contributed by atoms with Crippen LogP contribution in [0.15, 0.2) is 48.5 Å². The second-order valence-corrected chi connectivity index (χ2v) is 6.83. The summed E-state index contributed by atoms with van der Waals surface area (Å²) in [5, 5.41) is 14.2. The summed E-state index contributed by atoms with van der Waals surface area (Å²) < 4.78 is 5.46. The standard InChI is InChI=1S/C20H21N3O5/c1-22(2)16-11-8-14(12-17(16)23(26)27)20(25)28-18(13-6-4-3-5-7-13)19(24)21-15-9-10-15/h3-8,11-12,15,18H,9-10H2,1-2H3,(H,21,24)/t18-/m0/s1. The number of nitro groups is 1. The van der Waals surface area contributed by atoms with Gasteiger partial charge in [0.2, 0.25) is 6.10 Å². The van der Waals surface area contributed by atoms with Crippen LogP contribution < -0.4 is 10.2 Å². The number of esters is 1. The summed E-state index contributed by atoms with van der Waals surface area (Å²) in [6.07, 6.45) is 0.681. The average Bonchev–Trinajstić information content (AvgIpc) is 3.49. The molecule has 1 saturated carbocycles. The molecule has 146 valence electrons. The van der Waals surface area contributed by atoms with Gasteiger partial charge < -0.3 is 15.0 Å². The average molecular weight is 383 g/mol. The molecule has 2 aromatic carbocycles. The zero-order valence-corrected chi connectivity index (χ0v) is 15.6. The normalized spacial score (nSPS) is 14.1. The monoisotopic (exact) mass is 383 g/mol. The Balaban J connectivity index is 1.86. The van der Waals surface area contributed by atoms with E-state index in [1.54, 1.807) is 49.3 Å². The van der Waals surface area contributed by atoms with Crippen molar-refractivity contribution in [3.05, 3.63) is 69.8 Å². The van der Waals surface area contributed by atoms with Crippen molar-refractivity contribution in [3.63, 3.8) is 0 Å². The molecule has 0 spiro atoms. The first-order chi connectivity index (χ1) is 13.4. The minimum Gasteiger partial charge on any atom is -0.444 e. The highest BCUT2D eigenvalue weighted by molar-refractivity contribution is 5.94. The van der Waals surface area contributed by atoms with Crippen molar-refractivity contribution in [1.29, 1.82) is 0 Å². The molecular weight excluding hydrogens is 362 g/mol. The lowest BCUT2D eigenvalue weighted by Crippen LogP contribution is -2.33. The van der Waals surface area contributed by atoms with Crippen molar-refractivity contribution in [2.45, 2.75) is 25.0 Å². The Bertz CT molecular complexity index is 894. The van der Waals surface area contributed by atoms with Crippen LogP contribution >= 0.6 is 0 Å². The van der Waals surface area contributed by atoms with Gasteiger partial charge in [0.1, 0.15) is 5.69 Å². The summed E-state index contributed by atoms with van der Waals surface area (Å²) in [6.45, 7) is 0. The summed E-state index contributed by atoms with van der Waals surface area (Å²) in [6, 6.07) is 12.9. The Kier molecular flexibility index (Phi) is 5.58. The summed E-state index contributed by atoms with van der Waals surface area (Å²) in [5.74, 6) is -1.20. The molecule has 28 heavy (non-hydrogen) atoms. The van der Waals surface area contributed by atoms with Crippen LogP contribution in [0.1, 0.15) is 34.9 Å². The number of nitrogens with one attached hydrogen (secondary N) is 1. The quantitative estimate of drug-likeness (QED) is 0.448. The molecule has 0 radical (unpaired) electrons. The van der Waals surface area contributed by atoms with Crippen LogP contribution in [0, 0.1) is 10.1 Å². The first-order valence-corrected chi connectivity index (χ1v) is 8.89. The molecule has 1 atom stereocenters. The van der Waals surface area contributed by atoms with E-state index in [0.717, 1.165) is 12.8 Å². The number of benzene rings is 2. The maximum Gasteiger partial charge on any atom is 0.339 e. The number of carbonyl (C=O) groups excluding carboxylic acids is 2. The Morgan fingerprint density at radius 2 is 1.86 bits per heavy atom. The Morgan fingerprint density at radius 1 is 1.18 bits per heavy atom. The SMILES string of the molecule is CN(C)c1ccc(C(=O)O[C@H](C(=O)NC2CC2)c2ccccc2)cc1[N+](=O)[O-]. The van der Waals surface area contributed by atoms with Gasteiger partial charge in [-0.1, -0.05) is 30.3 Å². The molecule has 0 unspecified atom stereocenters. The van der Waals surface area contributed by atoms with E-state index in [4.69, 9.17) is 4.74 Å². The molecule has 2 aromatic rings. The maximum atomic E-state index is 12.7. The van der Waals surface area contributed by atoms with Gasteiger partial charge in [0.25, 0.3) is 11.6 Å². The summed E-state index contributed by atoms with van der Waals surface area (Å²) in [7, 11) is 3.35. The molecular formula is C20H21N3O5. The van der Waals surface area contributed by atoms with E-state index in [-0.39, 0.29) is 17.3 Å². The zero-order chi connectivity index (χ0) is 20.3. The van der Waals surface area contributed by atoms with Gasteiger partial charge in [0, 0.05) is 31.8 Å². The van der Waals surface area contributed by atoms with Crippen LogP contribution in [0.2, 0.25) is 0 Å². The van der Waals surface area contributed by atoms with Gasteiger partial charge in [-0.05, 0) is 25.0 Å². The van der Waals surface area contributed by atoms with E-state index in [1.165, 1.54) is 18.2 Å². The fourth-order valence-electron chi connectivity index (χ4n) is 2.76. The van der Waals surface area contributed by atoms with Crippen LogP contribution in [0.5, 0.6) is 0 Å². The van der Waals surface area contributed by atoms with Crippen molar-refractivity contribution in [1.82, 2.24) is 5.32 Å². The third kappa shape index (κ3) is 4.46. The second-order valence-electron chi connectivity index (χ2n) is 6.83. The van der Waals surface area contributed by atoms with E-state index < -0.39 is 22.9 Å². The zero-order valence-electron chi connectivity index (χ0n) is 15.6. The van der Waals surface area contributed by atoms with Crippen molar-refractivity contribution < 1.29 is 19.2 Å². The topological polar surface area (TPSA) is 102 Å². The Hall–Kier alpha value is -3.42. The third-order valence-corrected chi connectivity index (χ3v) is 4.38. The Labute approximate surface area is 162 Å². The van der Waals surface area contributed by atoms with Gasteiger partial charge in [-0.2, -0.15) is 0 Å². The van der Waals surface area contributed by atoms with Gasteiger partial charge >= 0.3 is 5.97 Å². The summed E-state index contributed by atoms with van der Waals surface area (Å²) in [5.41, 5.74) is 0.705. The van der Waals surface area contributed by atoms with Crippen molar-refractivity contribution in [3.8, 4) is 0 Å². The number of carbonyl (C=O) groups is 2. The molecule has 1 fully saturated rings. The largest absolute Gasteiger partial charge is 0.444 e. The molecule has 0 heterocycles. The number of hydrogen-bond acceptors (Lipinski definition) is 6. The van der Waals surface area contributed by atoms with Gasteiger partial charge in [-0.25, -0.2) is 4.79 Å². The number of nitrogens with zero attached hydrogens (tertiary/aromatic N) is 2. The highest BCUT2D eigenvalue weighted by Crippen LogP contribution is 2.29. The minimum absolute atomic E-state index is 0.0115. The van der Waals surface area contributed by atoms with Crippen LogP contribution in [-0.2, 0) is 9.53 Å². The number of ether oxygens (including phenoxy) is 1. The predicted molar refractivity (Wildman–Crippen MR) is 103 cm³/mol. The molecule has 1 amide bonds. The molecule has 8 heteroatoms. The molecule has 0 saturated heterocycles. The van der Waals surface area contributed by atoms with Gasteiger partial charge in [-0.3, -0.25) is 14.9 Å². The van der Waals surface area contributed by atoms with E-state index >= 15 is 0 Å². The second kappa shape index (κ2) is 8.08. The van der Waals surface area contributed by atoms with Gasteiger partial charge in [0.15, 0.2) is 0 Å². The third-order valence-electron chi connectivity index (χ3n) is 4.38. The fraction of sp³-hybridized carbons (Fsp3) is 0.300. The lowest BCUT2D eigenvalue weighted by Gasteiger charge is -2.18. The number of hydrogen-bond donors (Lipinski definition) is 1.